The number of carbonyl (C=O) groups is 2. The fourth-order valence-electron chi connectivity index (χ4n) is 3.18. The number of benzene rings is 1. The van der Waals surface area contributed by atoms with E-state index in [4.69, 9.17) is 28.3 Å². The number of amides is 1. The Labute approximate surface area is 202 Å². The van der Waals surface area contributed by atoms with Crippen molar-refractivity contribution in [2.75, 3.05) is 5.32 Å². The average Bonchev–Trinajstić information content (AvgIpc) is 3.21. The van der Waals surface area contributed by atoms with Gasteiger partial charge in [-0.1, -0.05) is 35.3 Å². The van der Waals surface area contributed by atoms with E-state index in [0.29, 0.717) is 10.9 Å². The number of carbonyl (C=O) groups excluding carboxylic acids is 1. The van der Waals surface area contributed by atoms with E-state index in [-0.39, 0.29) is 11.4 Å². The number of nitrogens with one attached hydrogen (secondary N) is 2. The van der Waals surface area contributed by atoms with Gasteiger partial charge >= 0.3 is 18.1 Å². The van der Waals surface area contributed by atoms with Gasteiger partial charge < -0.3 is 10.4 Å². The molecule has 188 valence electrons. The maximum Gasteiger partial charge on any atom is 0.455 e. The molecule has 3 N–H and O–H groups in total. The number of allylic oxidation sites excluding steroid dienone is 1. The standard InChI is InChI=1S/C19H13Cl2F6N5O3/c20-10(15(21)17(34)35)7-28-30-16(33)12-6-14-29-11(8-1-3-9(22)4-2-8)5-13(32(14)31-12)18(23,24)19(25,26)27/h1-4,6-7,11,13,29H,5H2,(H,30,33)(H,34,35)/b15-10+,28-7-/t11-,13-/m0/s1. The van der Waals surface area contributed by atoms with Gasteiger partial charge in [0.1, 0.15) is 22.7 Å². The van der Waals surface area contributed by atoms with Gasteiger partial charge in [0, 0.05) is 12.5 Å². The highest BCUT2D eigenvalue weighted by Crippen LogP contribution is 2.50. The molecule has 0 radical (unpaired) electrons. The molecule has 1 aliphatic heterocycles. The van der Waals surface area contributed by atoms with Crippen LogP contribution in [0.2, 0.25) is 0 Å². The third-order valence-electron chi connectivity index (χ3n) is 4.85. The summed E-state index contributed by atoms with van der Waals surface area (Å²) in [6, 6.07) is 1.79. The number of carboxylic acids is 1. The van der Waals surface area contributed by atoms with Crippen molar-refractivity contribution in [2.24, 2.45) is 5.10 Å². The molecule has 0 saturated heterocycles. The Balaban J connectivity index is 1.93. The second-order valence-electron chi connectivity index (χ2n) is 7.15. The minimum atomic E-state index is -5.93. The first-order valence-electron chi connectivity index (χ1n) is 9.40. The van der Waals surface area contributed by atoms with E-state index < -0.39 is 64.1 Å². The van der Waals surface area contributed by atoms with Crippen LogP contribution in [0, 0.1) is 5.82 Å². The number of alkyl halides is 5. The number of hydrogen-bond donors (Lipinski definition) is 3. The summed E-state index contributed by atoms with van der Waals surface area (Å²) in [7, 11) is 0. The molecule has 0 fully saturated rings. The number of hydrazone groups is 1. The lowest BCUT2D eigenvalue weighted by Gasteiger charge is -2.37. The van der Waals surface area contributed by atoms with E-state index in [9.17, 15) is 35.9 Å². The Hall–Kier alpha value is -3.26. The van der Waals surface area contributed by atoms with Crippen LogP contribution in [0.25, 0.3) is 0 Å². The number of rotatable bonds is 6. The largest absolute Gasteiger partial charge is 0.477 e. The van der Waals surface area contributed by atoms with Gasteiger partial charge in [0.25, 0.3) is 5.91 Å². The Morgan fingerprint density at radius 1 is 1.20 bits per heavy atom. The van der Waals surface area contributed by atoms with Crippen molar-refractivity contribution in [2.45, 2.75) is 30.6 Å². The highest BCUT2D eigenvalue weighted by Gasteiger charge is 2.64. The second kappa shape index (κ2) is 9.77. The summed E-state index contributed by atoms with van der Waals surface area (Å²) in [5.74, 6) is -8.90. The third kappa shape index (κ3) is 5.53. The van der Waals surface area contributed by atoms with Gasteiger partial charge in [0.2, 0.25) is 0 Å². The highest BCUT2D eigenvalue weighted by atomic mass is 35.5. The quantitative estimate of drug-likeness (QED) is 0.210. The molecule has 0 aliphatic carbocycles. The van der Waals surface area contributed by atoms with E-state index in [2.05, 4.69) is 15.5 Å². The number of halogens is 8. The predicted octanol–water partition coefficient (Wildman–Crippen LogP) is 4.81. The second-order valence-corrected chi connectivity index (χ2v) is 7.93. The first-order valence-corrected chi connectivity index (χ1v) is 10.2. The maximum absolute atomic E-state index is 14.4. The summed E-state index contributed by atoms with van der Waals surface area (Å²) in [6.07, 6.45) is -6.06. The van der Waals surface area contributed by atoms with Crippen molar-refractivity contribution in [3.63, 3.8) is 0 Å². The number of anilines is 1. The first kappa shape index (κ1) is 26.3. The summed E-state index contributed by atoms with van der Waals surface area (Å²) < 4.78 is 82.0. The molecule has 1 amide bonds. The average molecular weight is 544 g/mol. The molecule has 1 aromatic carbocycles. The van der Waals surface area contributed by atoms with Crippen molar-refractivity contribution in [3.05, 3.63) is 57.5 Å². The SMILES string of the molecule is O=C(O)/C(Cl)=C(Cl)/C=N\NC(=O)c1cc2n(n1)[C@H](C(F)(F)C(F)(F)F)C[C@@H](c1ccc(F)cc1)N2. The molecule has 0 unspecified atom stereocenters. The summed E-state index contributed by atoms with van der Waals surface area (Å²) in [5, 5.41) is 17.0. The lowest BCUT2D eigenvalue weighted by Crippen LogP contribution is -2.47. The smallest absolute Gasteiger partial charge is 0.455 e. The normalized spacial score (nSPS) is 19.1. The minimum absolute atomic E-state index is 0.231. The highest BCUT2D eigenvalue weighted by molar-refractivity contribution is 6.51. The Bertz CT molecular complexity index is 1200. The van der Waals surface area contributed by atoms with Gasteiger partial charge in [0.15, 0.2) is 5.69 Å². The van der Waals surface area contributed by atoms with E-state index in [1.807, 2.05) is 5.43 Å². The first-order chi connectivity index (χ1) is 16.2. The number of fused-ring (bicyclic) bond motifs is 1. The van der Waals surface area contributed by atoms with Crippen LogP contribution in [-0.4, -0.2) is 45.1 Å². The van der Waals surface area contributed by atoms with Gasteiger partial charge in [0.05, 0.1) is 17.3 Å². The van der Waals surface area contributed by atoms with Crippen molar-refractivity contribution in [1.82, 2.24) is 15.2 Å². The molecule has 8 nitrogen and oxygen atoms in total. The Kier molecular flexibility index (Phi) is 7.36. The topological polar surface area (TPSA) is 109 Å². The molecule has 2 heterocycles. The lowest BCUT2D eigenvalue weighted by molar-refractivity contribution is -0.301. The van der Waals surface area contributed by atoms with Crippen molar-refractivity contribution >= 4 is 47.1 Å². The monoisotopic (exact) mass is 543 g/mol. The fourth-order valence-corrected chi connectivity index (χ4v) is 3.36. The molecule has 16 heteroatoms. The number of hydrogen-bond acceptors (Lipinski definition) is 5. The molecular formula is C19H13Cl2F6N5O3. The molecule has 0 saturated carbocycles. The summed E-state index contributed by atoms with van der Waals surface area (Å²) in [4.78, 5) is 23.0. The van der Waals surface area contributed by atoms with Crippen LogP contribution in [0.3, 0.4) is 0 Å². The summed E-state index contributed by atoms with van der Waals surface area (Å²) in [6.45, 7) is 0. The Morgan fingerprint density at radius 2 is 1.83 bits per heavy atom. The number of aromatic nitrogens is 2. The van der Waals surface area contributed by atoms with Crippen LogP contribution in [0.4, 0.5) is 32.2 Å². The van der Waals surface area contributed by atoms with E-state index in [1.165, 1.54) is 12.1 Å². The molecule has 2 atom stereocenters. The van der Waals surface area contributed by atoms with Crippen LogP contribution >= 0.6 is 23.2 Å². The molecule has 35 heavy (non-hydrogen) atoms. The zero-order valence-electron chi connectivity index (χ0n) is 17.0. The third-order valence-corrected chi connectivity index (χ3v) is 5.60. The Morgan fingerprint density at radius 3 is 2.40 bits per heavy atom. The van der Waals surface area contributed by atoms with Gasteiger partial charge in [-0.2, -0.15) is 32.2 Å². The molecule has 2 aromatic rings. The summed E-state index contributed by atoms with van der Waals surface area (Å²) in [5.41, 5.74) is 1.52. The van der Waals surface area contributed by atoms with Crippen molar-refractivity contribution < 1.29 is 41.0 Å². The van der Waals surface area contributed by atoms with Gasteiger partial charge in [-0.15, -0.1) is 0 Å². The molecule has 3 rings (SSSR count). The van der Waals surface area contributed by atoms with Crippen molar-refractivity contribution in [1.29, 1.82) is 0 Å². The fraction of sp³-hybridized carbons (Fsp3) is 0.263. The lowest BCUT2D eigenvalue weighted by atomic mass is 9.93. The van der Waals surface area contributed by atoms with Crippen molar-refractivity contribution in [3.8, 4) is 0 Å². The van der Waals surface area contributed by atoms with E-state index in [0.717, 1.165) is 18.2 Å². The molecule has 0 bridgehead atoms. The number of aliphatic carboxylic acids is 1. The van der Waals surface area contributed by atoms with Crippen LogP contribution < -0.4 is 10.7 Å². The van der Waals surface area contributed by atoms with Crippen LogP contribution in [0.1, 0.15) is 34.6 Å². The number of carboxylic acid groups (broad SMARTS) is 1. The zero-order chi connectivity index (χ0) is 26.1. The van der Waals surface area contributed by atoms with E-state index >= 15 is 0 Å². The van der Waals surface area contributed by atoms with Gasteiger partial charge in [-0.25, -0.2) is 19.3 Å². The van der Waals surface area contributed by atoms with Gasteiger partial charge in [-0.05, 0) is 17.7 Å². The van der Waals surface area contributed by atoms with Crippen LogP contribution in [0.5, 0.6) is 0 Å². The van der Waals surface area contributed by atoms with Crippen LogP contribution in [0.15, 0.2) is 45.5 Å². The minimum Gasteiger partial charge on any atom is -0.477 e. The maximum atomic E-state index is 14.4. The van der Waals surface area contributed by atoms with Crippen LogP contribution in [-0.2, 0) is 4.79 Å². The number of nitrogens with zero attached hydrogens (tertiary/aromatic N) is 3. The van der Waals surface area contributed by atoms with E-state index in [1.54, 1.807) is 0 Å². The molecule has 1 aromatic heterocycles. The predicted molar refractivity (Wildman–Crippen MR) is 112 cm³/mol. The summed E-state index contributed by atoms with van der Waals surface area (Å²) >= 11 is 10.9. The van der Waals surface area contributed by atoms with Gasteiger partial charge in [-0.3, -0.25) is 4.79 Å². The molecular weight excluding hydrogens is 531 g/mol. The zero-order valence-corrected chi connectivity index (χ0v) is 18.5. The molecule has 1 aliphatic rings. The molecule has 0 spiro atoms.